The van der Waals surface area contributed by atoms with Crippen molar-refractivity contribution in [3.05, 3.63) is 139 Å². The molecule has 0 saturated carbocycles. The number of anilines is 3. The van der Waals surface area contributed by atoms with Crippen LogP contribution in [0, 0.1) is 0 Å². The number of hydrogen-bond acceptors (Lipinski definition) is 3. The van der Waals surface area contributed by atoms with Gasteiger partial charge in [0.25, 0.3) is 0 Å². The fraction of sp³-hybridized carbons (Fsp3) is 0.0270. The van der Waals surface area contributed by atoms with Gasteiger partial charge in [-0.2, -0.15) is 0 Å². The normalized spacial score (nSPS) is 12.0. The van der Waals surface area contributed by atoms with Crippen LogP contribution in [-0.4, -0.2) is 16.3 Å². The molecule has 4 nitrogen and oxygen atoms in total. The molecule has 1 aliphatic rings. The van der Waals surface area contributed by atoms with Crippen LogP contribution in [0.25, 0.3) is 49.7 Å². The summed E-state index contributed by atoms with van der Waals surface area (Å²) in [5.74, 6) is 0. The monoisotopic (exact) mass is 526 g/mol. The number of nitrogens with zero attached hydrogens (tertiary/aromatic N) is 4. The van der Waals surface area contributed by atoms with Crippen LogP contribution < -0.4 is 4.90 Å². The number of fused-ring (bicyclic) bond motifs is 8. The zero-order chi connectivity index (χ0) is 27.3. The summed E-state index contributed by atoms with van der Waals surface area (Å²) in [7, 11) is 0. The Labute approximate surface area is 238 Å². The largest absolute Gasteiger partial charge is 0.309 e. The minimum atomic E-state index is 0.585. The molecule has 2 aromatic heterocycles. The molecule has 0 unspecified atom stereocenters. The van der Waals surface area contributed by atoms with Crippen LogP contribution >= 0.6 is 0 Å². The van der Waals surface area contributed by atoms with E-state index in [2.05, 4.69) is 147 Å². The van der Waals surface area contributed by atoms with Gasteiger partial charge in [0.1, 0.15) is 0 Å². The molecule has 41 heavy (non-hydrogen) atoms. The van der Waals surface area contributed by atoms with E-state index >= 15 is 0 Å². The van der Waals surface area contributed by atoms with Crippen molar-refractivity contribution in [2.75, 3.05) is 4.90 Å². The third-order valence-electron chi connectivity index (χ3n) is 8.05. The van der Waals surface area contributed by atoms with Crippen molar-refractivity contribution in [2.45, 2.75) is 6.54 Å². The van der Waals surface area contributed by atoms with Crippen molar-refractivity contribution >= 4 is 45.6 Å². The molecule has 3 heterocycles. The number of hydrogen-bond donors (Lipinski definition) is 0. The Kier molecular flexibility index (Phi) is 5.32. The van der Waals surface area contributed by atoms with Gasteiger partial charge < -0.3 is 9.47 Å². The van der Waals surface area contributed by atoms with E-state index in [0.29, 0.717) is 6.54 Å². The smallest absolute Gasteiger partial charge is 0.0633 e. The van der Waals surface area contributed by atoms with Gasteiger partial charge in [-0.05, 0) is 78.0 Å². The fourth-order valence-electron chi connectivity index (χ4n) is 6.33. The van der Waals surface area contributed by atoms with E-state index < -0.39 is 0 Å². The summed E-state index contributed by atoms with van der Waals surface area (Å²) in [6.45, 7) is 4.29. The van der Waals surface area contributed by atoms with Gasteiger partial charge in [-0.15, -0.1) is 0 Å². The first-order chi connectivity index (χ1) is 20.3. The molecule has 194 valence electrons. The molecule has 0 saturated heterocycles. The van der Waals surface area contributed by atoms with Crippen LogP contribution in [0.1, 0.15) is 5.56 Å². The highest BCUT2D eigenvalue weighted by Crippen LogP contribution is 2.52. The van der Waals surface area contributed by atoms with Gasteiger partial charge in [0.05, 0.1) is 29.0 Å². The van der Waals surface area contributed by atoms with E-state index in [9.17, 15) is 0 Å². The lowest BCUT2D eigenvalue weighted by Gasteiger charge is -2.27. The standard InChI is InChI=1S/C37H26N4/c1-38-23-25-10-9-13-27(20-25)41-36-18-19-39-24-33(36)32-21-30-28-14-5-7-16-34(28)40(26-11-3-2-4-12-26)35-17-8-6-15-29(35)31(30)22-37(32)41/h2-22,24H,1,23H2. The van der Waals surface area contributed by atoms with Crippen molar-refractivity contribution in [1.82, 2.24) is 9.55 Å². The average molecular weight is 527 g/mol. The number of rotatable bonds is 4. The number of pyridine rings is 1. The minimum Gasteiger partial charge on any atom is -0.309 e. The second-order valence-electron chi connectivity index (χ2n) is 10.4. The summed E-state index contributed by atoms with van der Waals surface area (Å²) < 4.78 is 2.35. The van der Waals surface area contributed by atoms with Crippen molar-refractivity contribution in [1.29, 1.82) is 0 Å². The van der Waals surface area contributed by atoms with Crippen LogP contribution in [0.3, 0.4) is 0 Å². The highest BCUT2D eigenvalue weighted by molar-refractivity contribution is 6.14. The highest BCUT2D eigenvalue weighted by Gasteiger charge is 2.27. The first-order valence-electron chi connectivity index (χ1n) is 13.8. The molecule has 0 aliphatic carbocycles. The topological polar surface area (TPSA) is 33.4 Å². The predicted octanol–water partition coefficient (Wildman–Crippen LogP) is 9.50. The molecule has 0 bridgehead atoms. The van der Waals surface area contributed by atoms with Crippen molar-refractivity contribution in [3.8, 4) is 27.9 Å². The second kappa shape index (κ2) is 9.32. The molecule has 0 amide bonds. The number of benzene rings is 5. The lowest BCUT2D eigenvalue weighted by atomic mass is 9.93. The summed E-state index contributed by atoms with van der Waals surface area (Å²) >= 11 is 0. The zero-order valence-electron chi connectivity index (χ0n) is 22.4. The molecule has 0 fully saturated rings. The predicted molar refractivity (Wildman–Crippen MR) is 171 cm³/mol. The van der Waals surface area contributed by atoms with Crippen LogP contribution in [-0.2, 0) is 6.54 Å². The van der Waals surface area contributed by atoms with Gasteiger partial charge in [-0.1, -0.05) is 66.7 Å². The van der Waals surface area contributed by atoms with Crippen molar-refractivity contribution in [2.24, 2.45) is 4.99 Å². The van der Waals surface area contributed by atoms with E-state index in [1.165, 1.54) is 27.6 Å². The average Bonchev–Trinajstić information content (AvgIpc) is 3.29. The van der Waals surface area contributed by atoms with Crippen LogP contribution in [0.4, 0.5) is 17.1 Å². The molecule has 1 aliphatic heterocycles. The molecule has 8 rings (SSSR count). The lowest BCUT2D eigenvalue weighted by Crippen LogP contribution is -2.10. The van der Waals surface area contributed by atoms with E-state index in [1.807, 2.05) is 12.4 Å². The summed E-state index contributed by atoms with van der Waals surface area (Å²) in [5.41, 5.74) is 12.8. The Bertz CT molecular complexity index is 2110. The van der Waals surface area contributed by atoms with Gasteiger partial charge in [-0.25, -0.2) is 0 Å². The Morgan fingerprint density at radius 1 is 0.585 bits per heavy atom. The Balaban J connectivity index is 1.50. The van der Waals surface area contributed by atoms with Crippen LogP contribution in [0.5, 0.6) is 0 Å². The summed E-state index contributed by atoms with van der Waals surface area (Å²) in [5, 5.41) is 2.31. The van der Waals surface area contributed by atoms with E-state index in [0.717, 1.165) is 44.7 Å². The summed E-state index contributed by atoms with van der Waals surface area (Å²) in [6.07, 6.45) is 3.86. The Morgan fingerprint density at radius 3 is 2.02 bits per heavy atom. The van der Waals surface area contributed by atoms with Crippen LogP contribution in [0.15, 0.2) is 139 Å². The number of aliphatic imine (C=N–C) groups is 1. The summed E-state index contributed by atoms with van der Waals surface area (Å²) in [4.78, 5) is 11.0. The van der Waals surface area contributed by atoms with Gasteiger partial charge in [0, 0.05) is 45.7 Å². The van der Waals surface area contributed by atoms with Gasteiger partial charge in [0.2, 0.25) is 0 Å². The number of para-hydroxylation sites is 3. The highest BCUT2D eigenvalue weighted by atomic mass is 15.1. The summed E-state index contributed by atoms with van der Waals surface area (Å²) in [6, 6.07) is 43.5. The molecular formula is C37H26N4. The molecule has 4 heteroatoms. The van der Waals surface area contributed by atoms with E-state index in [1.54, 1.807) is 0 Å². The first kappa shape index (κ1) is 23.4. The molecule has 0 spiro atoms. The lowest BCUT2D eigenvalue weighted by molar-refractivity contribution is 1.07. The fourth-order valence-corrected chi connectivity index (χ4v) is 6.33. The van der Waals surface area contributed by atoms with Gasteiger partial charge in [-0.3, -0.25) is 9.98 Å². The maximum atomic E-state index is 4.53. The molecule has 5 aromatic carbocycles. The molecule has 0 radical (unpaired) electrons. The van der Waals surface area contributed by atoms with Crippen LogP contribution in [0.2, 0.25) is 0 Å². The number of aromatic nitrogens is 2. The Morgan fingerprint density at radius 2 is 1.27 bits per heavy atom. The minimum absolute atomic E-state index is 0.585. The maximum Gasteiger partial charge on any atom is 0.0633 e. The first-order valence-corrected chi connectivity index (χ1v) is 13.8. The zero-order valence-corrected chi connectivity index (χ0v) is 22.4. The molecular weight excluding hydrogens is 500 g/mol. The quantitative estimate of drug-likeness (QED) is 0.214. The van der Waals surface area contributed by atoms with Crippen molar-refractivity contribution < 1.29 is 0 Å². The maximum absolute atomic E-state index is 4.53. The SMILES string of the molecule is C=NCc1cccc(-n2c3ccncc3c3cc4c(cc32)-c2ccccc2N(c2ccccc2)c2ccccc2-4)c1. The van der Waals surface area contributed by atoms with Crippen molar-refractivity contribution in [3.63, 3.8) is 0 Å². The molecule has 0 atom stereocenters. The van der Waals surface area contributed by atoms with Gasteiger partial charge >= 0.3 is 0 Å². The van der Waals surface area contributed by atoms with E-state index in [-0.39, 0.29) is 0 Å². The third-order valence-corrected chi connectivity index (χ3v) is 8.05. The molecule has 0 N–H and O–H groups in total. The van der Waals surface area contributed by atoms with Gasteiger partial charge in [0.15, 0.2) is 0 Å². The van der Waals surface area contributed by atoms with E-state index in [4.69, 9.17) is 0 Å². The Hall–Kier alpha value is -5.48. The third kappa shape index (κ3) is 3.61. The molecule has 7 aromatic rings. The second-order valence-corrected chi connectivity index (χ2v) is 10.4.